The summed E-state index contributed by atoms with van der Waals surface area (Å²) in [5.74, 6) is -0.413. The van der Waals surface area contributed by atoms with Gasteiger partial charge in [0.05, 0.1) is 5.02 Å². The number of amides is 1. The maximum atomic E-state index is 13.2. The van der Waals surface area contributed by atoms with Gasteiger partial charge in [-0.15, -0.1) is 11.3 Å². The number of rotatable bonds is 4. The number of thiophene rings is 1. The summed E-state index contributed by atoms with van der Waals surface area (Å²) in [5, 5.41) is 1.16. The Kier molecular flexibility index (Phi) is 4.42. The lowest BCUT2D eigenvalue weighted by Gasteiger charge is -2.15. The Bertz CT molecular complexity index is 611. The summed E-state index contributed by atoms with van der Waals surface area (Å²) in [7, 11) is 1.76. The molecular weight excluding hydrogens is 285 g/mol. The number of carbonyl (C=O) groups excluding carboxylic acids is 1. The van der Waals surface area contributed by atoms with Crippen molar-refractivity contribution in [2.45, 2.75) is 19.8 Å². The topological polar surface area (TPSA) is 20.3 Å². The summed E-state index contributed by atoms with van der Waals surface area (Å²) in [4.78, 5) is 14.4. The molecule has 0 saturated heterocycles. The van der Waals surface area contributed by atoms with Crippen LogP contribution in [0.4, 0.5) is 4.39 Å². The van der Waals surface area contributed by atoms with Gasteiger partial charge in [0.1, 0.15) is 10.7 Å². The molecule has 1 aromatic heterocycles. The van der Waals surface area contributed by atoms with Crippen LogP contribution in [0.2, 0.25) is 5.02 Å². The highest BCUT2D eigenvalue weighted by Gasteiger charge is 2.20. The Morgan fingerprint density at radius 1 is 1.47 bits per heavy atom. The van der Waals surface area contributed by atoms with E-state index < -0.39 is 0 Å². The lowest BCUT2D eigenvalue weighted by Crippen LogP contribution is -2.27. The van der Waals surface area contributed by atoms with E-state index in [1.807, 2.05) is 0 Å². The smallest absolute Gasteiger partial charge is 0.265 e. The molecule has 0 aliphatic heterocycles. The molecule has 0 spiro atoms. The summed E-state index contributed by atoms with van der Waals surface area (Å²) in [6.07, 6.45) is 1.99. The monoisotopic (exact) mass is 299 g/mol. The van der Waals surface area contributed by atoms with Crippen LogP contribution in [0.1, 0.15) is 29.4 Å². The Morgan fingerprint density at radius 2 is 2.21 bits per heavy atom. The largest absolute Gasteiger partial charge is 0.341 e. The first-order valence-corrected chi connectivity index (χ1v) is 7.37. The zero-order chi connectivity index (χ0) is 14.0. The molecule has 2 rings (SSSR count). The van der Waals surface area contributed by atoms with Gasteiger partial charge in [0, 0.05) is 23.7 Å². The number of fused-ring (bicyclic) bond motifs is 1. The normalized spacial score (nSPS) is 10.9. The highest BCUT2D eigenvalue weighted by molar-refractivity contribution is 7.21. The average molecular weight is 300 g/mol. The molecule has 19 heavy (non-hydrogen) atoms. The molecule has 0 aliphatic carbocycles. The van der Waals surface area contributed by atoms with Gasteiger partial charge in [-0.2, -0.15) is 0 Å². The fraction of sp³-hybridized carbons (Fsp3) is 0.357. The third-order valence-electron chi connectivity index (χ3n) is 2.98. The number of halogens is 2. The average Bonchev–Trinajstić information content (AvgIpc) is 2.71. The highest BCUT2D eigenvalue weighted by atomic mass is 35.5. The fourth-order valence-corrected chi connectivity index (χ4v) is 3.38. The van der Waals surface area contributed by atoms with Gasteiger partial charge < -0.3 is 4.90 Å². The maximum Gasteiger partial charge on any atom is 0.265 e. The standard InChI is InChI=1S/C14H15ClFNOS/c1-3-4-7-17(2)14(18)13-12(15)10-6-5-9(16)8-11(10)19-13/h5-6,8H,3-4,7H2,1-2H3. The minimum atomic E-state index is -0.316. The van der Waals surface area contributed by atoms with Crippen LogP contribution in [-0.2, 0) is 0 Å². The van der Waals surface area contributed by atoms with Crippen molar-refractivity contribution in [1.82, 2.24) is 4.90 Å². The van der Waals surface area contributed by atoms with Crippen molar-refractivity contribution in [3.05, 3.63) is 33.9 Å². The van der Waals surface area contributed by atoms with Gasteiger partial charge in [-0.3, -0.25) is 4.79 Å². The number of hydrogen-bond donors (Lipinski definition) is 0. The van der Waals surface area contributed by atoms with Crippen LogP contribution in [0, 0.1) is 5.82 Å². The van der Waals surface area contributed by atoms with Gasteiger partial charge in [-0.25, -0.2) is 4.39 Å². The van der Waals surface area contributed by atoms with Gasteiger partial charge >= 0.3 is 0 Å². The SMILES string of the molecule is CCCCN(C)C(=O)c1sc2cc(F)ccc2c1Cl. The number of hydrogen-bond acceptors (Lipinski definition) is 2. The second-order valence-electron chi connectivity index (χ2n) is 4.47. The molecule has 2 nitrogen and oxygen atoms in total. The summed E-state index contributed by atoms with van der Waals surface area (Å²) in [5.41, 5.74) is 0. The van der Waals surface area contributed by atoms with E-state index in [0.717, 1.165) is 18.2 Å². The Morgan fingerprint density at radius 3 is 2.89 bits per heavy atom. The predicted molar refractivity (Wildman–Crippen MR) is 78.7 cm³/mol. The molecule has 0 fully saturated rings. The maximum absolute atomic E-state index is 13.2. The van der Waals surface area contributed by atoms with Gasteiger partial charge in [0.15, 0.2) is 0 Å². The molecule has 0 aliphatic rings. The minimum Gasteiger partial charge on any atom is -0.341 e. The quantitative estimate of drug-likeness (QED) is 0.810. The number of benzene rings is 1. The summed E-state index contributed by atoms with van der Waals surface area (Å²) < 4.78 is 13.9. The van der Waals surface area contributed by atoms with E-state index in [0.29, 0.717) is 21.1 Å². The van der Waals surface area contributed by atoms with Crippen LogP contribution >= 0.6 is 22.9 Å². The molecule has 102 valence electrons. The van der Waals surface area contributed by atoms with E-state index >= 15 is 0 Å². The molecule has 0 bridgehead atoms. The fourth-order valence-electron chi connectivity index (χ4n) is 1.85. The number of unbranched alkanes of at least 4 members (excludes halogenated alkanes) is 1. The zero-order valence-electron chi connectivity index (χ0n) is 10.9. The number of carbonyl (C=O) groups is 1. The first-order chi connectivity index (χ1) is 9.04. The van der Waals surface area contributed by atoms with Crippen molar-refractivity contribution in [2.24, 2.45) is 0 Å². The van der Waals surface area contributed by atoms with Crippen LogP contribution in [-0.4, -0.2) is 24.4 Å². The third-order valence-corrected chi connectivity index (χ3v) is 4.62. The molecule has 0 N–H and O–H groups in total. The third kappa shape index (κ3) is 2.90. The van der Waals surface area contributed by atoms with Crippen molar-refractivity contribution in [3.63, 3.8) is 0 Å². The van der Waals surface area contributed by atoms with E-state index in [1.165, 1.54) is 23.5 Å². The molecule has 0 radical (unpaired) electrons. The van der Waals surface area contributed by atoms with Crippen LogP contribution in [0.3, 0.4) is 0 Å². The Balaban J connectivity index is 2.34. The lowest BCUT2D eigenvalue weighted by atomic mass is 10.2. The molecular formula is C14H15ClFNOS. The van der Waals surface area contributed by atoms with Crippen LogP contribution in [0.5, 0.6) is 0 Å². The molecule has 0 unspecified atom stereocenters. The summed E-state index contributed by atoms with van der Waals surface area (Å²) in [6, 6.07) is 4.39. The van der Waals surface area contributed by atoms with Crippen LogP contribution in [0.25, 0.3) is 10.1 Å². The second kappa shape index (κ2) is 5.88. The summed E-state index contributed by atoms with van der Waals surface area (Å²) >= 11 is 7.47. The van der Waals surface area contributed by atoms with Crippen molar-refractivity contribution >= 4 is 38.9 Å². The van der Waals surface area contributed by atoms with E-state index in [9.17, 15) is 9.18 Å². The second-order valence-corrected chi connectivity index (χ2v) is 5.90. The van der Waals surface area contributed by atoms with Gasteiger partial charge in [0.2, 0.25) is 0 Å². The summed E-state index contributed by atoms with van der Waals surface area (Å²) in [6.45, 7) is 2.78. The first kappa shape index (κ1) is 14.3. The molecule has 0 saturated carbocycles. The zero-order valence-corrected chi connectivity index (χ0v) is 12.4. The van der Waals surface area contributed by atoms with E-state index in [1.54, 1.807) is 18.0 Å². The molecule has 0 atom stereocenters. The first-order valence-electron chi connectivity index (χ1n) is 6.17. The van der Waals surface area contributed by atoms with Crippen LogP contribution in [0.15, 0.2) is 18.2 Å². The van der Waals surface area contributed by atoms with Gasteiger partial charge in [-0.05, 0) is 24.6 Å². The van der Waals surface area contributed by atoms with E-state index in [2.05, 4.69) is 6.92 Å². The van der Waals surface area contributed by atoms with Crippen molar-refractivity contribution in [1.29, 1.82) is 0 Å². The van der Waals surface area contributed by atoms with Crippen LogP contribution < -0.4 is 0 Å². The van der Waals surface area contributed by atoms with Crippen molar-refractivity contribution in [3.8, 4) is 0 Å². The van der Waals surface area contributed by atoms with E-state index in [-0.39, 0.29) is 11.7 Å². The lowest BCUT2D eigenvalue weighted by molar-refractivity contribution is 0.0798. The predicted octanol–water partition coefficient (Wildman–Crippen LogP) is 4.57. The molecule has 1 amide bonds. The Hall–Kier alpha value is -1.13. The molecule has 5 heteroatoms. The van der Waals surface area contributed by atoms with E-state index in [4.69, 9.17) is 11.6 Å². The van der Waals surface area contributed by atoms with Gasteiger partial charge in [-0.1, -0.05) is 24.9 Å². The Labute approximate surface area is 120 Å². The number of nitrogens with zero attached hydrogens (tertiary/aromatic N) is 1. The minimum absolute atomic E-state index is 0.0972. The molecule has 1 heterocycles. The molecule has 2 aromatic rings. The molecule has 1 aromatic carbocycles. The van der Waals surface area contributed by atoms with Crippen molar-refractivity contribution < 1.29 is 9.18 Å². The van der Waals surface area contributed by atoms with Gasteiger partial charge in [0.25, 0.3) is 5.91 Å². The highest BCUT2D eigenvalue weighted by Crippen LogP contribution is 2.36. The van der Waals surface area contributed by atoms with Crippen molar-refractivity contribution in [2.75, 3.05) is 13.6 Å².